The molecule has 1 aromatic heterocycles. The van der Waals surface area contributed by atoms with Crippen molar-refractivity contribution in [1.82, 2.24) is 15.0 Å². The largest absolute Gasteiger partial charge is 0.340 e. The number of amides is 1. The first kappa shape index (κ1) is 11.1. The fourth-order valence-electron chi connectivity index (χ4n) is 2.08. The molecule has 0 spiro atoms. The summed E-state index contributed by atoms with van der Waals surface area (Å²) in [5.74, 6) is 1.39. The quantitative estimate of drug-likeness (QED) is 0.765. The fourth-order valence-corrected chi connectivity index (χ4v) is 2.08. The summed E-state index contributed by atoms with van der Waals surface area (Å²) in [6.07, 6.45) is 1.94. The summed E-state index contributed by atoms with van der Waals surface area (Å²) in [5.41, 5.74) is 0. The minimum absolute atomic E-state index is 0.00681. The lowest BCUT2D eigenvalue weighted by Gasteiger charge is -2.23. The van der Waals surface area contributed by atoms with Gasteiger partial charge in [0.2, 0.25) is 11.8 Å². The van der Waals surface area contributed by atoms with E-state index in [0.717, 1.165) is 19.4 Å². The number of hydrogen-bond donors (Lipinski definition) is 0. The smallest absolute Gasteiger partial charge is 0.225 e. The number of carbonyl (C=O) groups is 1. The topological polar surface area (TPSA) is 59.2 Å². The van der Waals surface area contributed by atoms with Crippen LogP contribution in [0.1, 0.15) is 44.4 Å². The van der Waals surface area contributed by atoms with E-state index >= 15 is 0 Å². The molecule has 1 aromatic rings. The number of rotatable bonds is 2. The summed E-state index contributed by atoms with van der Waals surface area (Å²) < 4.78 is 4.97. The Balaban J connectivity index is 2.18. The fraction of sp³-hybridized carbons (Fsp3) is 0.727. The number of nitrogens with zero attached hydrogens (tertiary/aromatic N) is 3. The second-order valence-electron chi connectivity index (χ2n) is 4.52. The predicted octanol–water partition coefficient (Wildman–Crippen LogP) is 1.70. The van der Waals surface area contributed by atoms with Gasteiger partial charge in [0.05, 0.1) is 6.04 Å². The third-order valence-electron chi connectivity index (χ3n) is 2.87. The molecule has 0 aliphatic carbocycles. The number of likely N-dealkylation sites (tertiary alicyclic amines) is 1. The highest BCUT2D eigenvalue weighted by Gasteiger charge is 2.33. The van der Waals surface area contributed by atoms with Crippen molar-refractivity contribution in [2.45, 2.75) is 39.7 Å². The van der Waals surface area contributed by atoms with E-state index in [-0.39, 0.29) is 17.9 Å². The number of carbonyl (C=O) groups excluding carboxylic acids is 1. The van der Waals surface area contributed by atoms with Crippen molar-refractivity contribution in [3.63, 3.8) is 0 Å². The van der Waals surface area contributed by atoms with Gasteiger partial charge in [-0.1, -0.05) is 19.0 Å². The van der Waals surface area contributed by atoms with Crippen LogP contribution in [-0.2, 0) is 4.79 Å². The molecule has 1 saturated heterocycles. The maximum Gasteiger partial charge on any atom is 0.225 e. The van der Waals surface area contributed by atoms with Crippen LogP contribution in [0.15, 0.2) is 4.52 Å². The van der Waals surface area contributed by atoms with E-state index in [1.165, 1.54) is 0 Å². The van der Waals surface area contributed by atoms with E-state index in [1.807, 2.05) is 18.7 Å². The Morgan fingerprint density at radius 2 is 2.31 bits per heavy atom. The number of aryl methyl sites for hydroxylation is 1. The van der Waals surface area contributed by atoms with E-state index in [1.54, 1.807) is 6.92 Å². The highest BCUT2D eigenvalue weighted by molar-refractivity contribution is 5.78. The summed E-state index contributed by atoms with van der Waals surface area (Å²) in [5, 5.41) is 3.91. The Morgan fingerprint density at radius 1 is 1.56 bits per heavy atom. The van der Waals surface area contributed by atoms with Crippen LogP contribution < -0.4 is 0 Å². The van der Waals surface area contributed by atoms with Gasteiger partial charge < -0.3 is 9.42 Å². The molecule has 88 valence electrons. The van der Waals surface area contributed by atoms with Gasteiger partial charge in [0.15, 0.2) is 5.82 Å². The SMILES string of the molecule is Cc1nc([C@H]2CCCN2C(=O)C(C)C)no1. The van der Waals surface area contributed by atoms with Crippen molar-refractivity contribution >= 4 is 5.91 Å². The molecule has 5 heteroatoms. The van der Waals surface area contributed by atoms with E-state index in [2.05, 4.69) is 10.1 Å². The first-order valence-corrected chi connectivity index (χ1v) is 5.70. The van der Waals surface area contributed by atoms with Gasteiger partial charge in [-0.25, -0.2) is 0 Å². The molecule has 1 atom stereocenters. The zero-order valence-electron chi connectivity index (χ0n) is 9.93. The molecule has 5 nitrogen and oxygen atoms in total. The van der Waals surface area contributed by atoms with Gasteiger partial charge in [-0.3, -0.25) is 4.79 Å². The average molecular weight is 223 g/mol. The minimum Gasteiger partial charge on any atom is -0.340 e. The molecule has 16 heavy (non-hydrogen) atoms. The normalized spacial score (nSPS) is 20.8. The molecule has 0 radical (unpaired) electrons. The zero-order valence-corrected chi connectivity index (χ0v) is 9.93. The van der Waals surface area contributed by atoms with Crippen LogP contribution >= 0.6 is 0 Å². The Labute approximate surface area is 94.8 Å². The third-order valence-corrected chi connectivity index (χ3v) is 2.87. The molecular weight excluding hydrogens is 206 g/mol. The Bertz CT molecular complexity index is 386. The van der Waals surface area contributed by atoms with Crippen LogP contribution in [0, 0.1) is 12.8 Å². The highest BCUT2D eigenvalue weighted by atomic mass is 16.5. The van der Waals surface area contributed by atoms with Crippen LogP contribution in [0.5, 0.6) is 0 Å². The predicted molar refractivity (Wildman–Crippen MR) is 57.6 cm³/mol. The number of hydrogen-bond acceptors (Lipinski definition) is 4. The van der Waals surface area contributed by atoms with Gasteiger partial charge >= 0.3 is 0 Å². The Kier molecular flexibility index (Phi) is 2.94. The second-order valence-corrected chi connectivity index (χ2v) is 4.52. The minimum atomic E-state index is 0.00681. The molecule has 2 heterocycles. The van der Waals surface area contributed by atoms with Gasteiger partial charge in [0, 0.05) is 19.4 Å². The lowest BCUT2D eigenvalue weighted by molar-refractivity contribution is -0.135. The summed E-state index contributed by atoms with van der Waals surface area (Å²) in [6, 6.07) is 0.00681. The van der Waals surface area contributed by atoms with Crippen LogP contribution in [-0.4, -0.2) is 27.5 Å². The van der Waals surface area contributed by atoms with E-state index in [9.17, 15) is 4.79 Å². The third kappa shape index (κ3) is 1.94. The monoisotopic (exact) mass is 223 g/mol. The molecule has 0 saturated carbocycles. The lowest BCUT2D eigenvalue weighted by Crippen LogP contribution is -2.34. The molecule has 1 aliphatic rings. The summed E-state index contributed by atoms with van der Waals surface area (Å²) in [6.45, 7) is 6.40. The van der Waals surface area contributed by atoms with Crippen molar-refractivity contribution in [3.8, 4) is 0 Å². The molecule has 1 aliphatic heterocycles. The summed E-state index contributed by atoms with van der Waals surface area (Å²) >= 11 is 0. The van der Waals surface area contributed by atoms with Crippen molar-refractivity contribution in [2.75, 3.05) is 6.54 Å². The van der Waals surface area contributed by atoms with Gasteiger partial charge in [-0.15, -0.1) is 0 Å². The van der Waals surface area contributed by atoms with E-state index in [0.29, 0.717) is 11.7 Å². The molecule has 1 fully saturated rings. The van der Waals surface area contributed by atoms with Gasteiger partial charge in [0.1, 0.15) is 0 Å². The van der Waals surface area contributed by atoms with Crippen molar-refractivity contribution in [1.29, 1.82) is 0 Å². The van der Waals surface area contributed by atoms with Crippen molar-refractivity contribution in [2.24, 2.45) is 5.92 Å². The van der Waals surface area contributed by atoms with Gasteiger partial charge in [-0.05, 0) is 12.8 Å². The maximum absolute atomic E-state index is 12.0. The summed E-state index contributed by atoms with van der Waals surface area (Å²) in [7, 11) is 0. The molecule has 0 bridgehead atoms. The molecule has 0 unspecified atom stereocenters. The van der Waals surface area contributed by atoms with E-state index in [4.69, 9.17) is 4.52 Å². The Morgan fingerprint density at radius 3 is 2.88 bits per heavy atom. The lowest BCUT2D eigenvalue weighted by atomic mass is 10.1. The number of aromatic nitrogens is 2. The molecule has 2 rings (SSSR count). The van der Waals surface area contributed by atoms with Crippen molar-refractivity contribution in [3.05, 3.63) is 11.7 Å². The van der Waals surface area contributed by atoms with Crippen LogP contribution in [0.4, 0.5) is 0 Å². The molecule has 0 N–H and O–H groups in total. The average Bonchev–Trinajstić information content (AvgIpc) is 2.83. The second kappa shape index (κ2) is 4.23. The molecule has 0 aromatic carbocycles. The molecular formula is C11H17N3O2. The first-order valence-electron chi connectivity index (χ1n) is 5.70. The maximum atomic E-state index is 12.0. The Hall–Kier alpha value is -1.39. The standard InChI is InChI=1S/C11H17N3O2/c1-7(2)11(15)14-6-4-5-9(14)10-12-8(3)16-13-10/h7,9H,4-6H2,1-3H3/t9-/m1/s1. The molecule has 1 amide bonds. The zero-order chi connectivity index (χ0) is 11.7. The van der Waals surface area contributed by atoms with Crippen LogP contribution in [0.3, 0.4) is 0 Å². The van der Waals surface area contributed by atoms with Crippen LogP contribution in [0.2, 0.25) is 0 Å². The van der Waals surface area contributed by atoms with Gasteiger partial charge in [-0.2, -0.15) is 4.98 Å². The van der Waals surface area contributed by atoms with Gasteiger partial charge in [0.25, 0.3) is 0 Å². The highest BCUT2D eigenvalue weighted by Crippen LogP contribution is 2.31. The van der Waals surface area contributed by atoms with Crippen LogP contribution in [0.25, 0.3) is 0 Å². The van der Waals surface area contributed by atoms with Crippen molar-refractivity contribution < 1.29 is 9.32 Å². The first-order chi connectivity index (χ1) is 7.59. The van der Waals surface area contributed by atoms with E-state index < -0.39 is 0 Å². The summed E-state index contributed by atoms with van der Waals surface area (Å²) in [4.78, 5) is 18.1.